The van der Waals surface area contributed by atoms with Gasteiger partial charge in [0.1, 0.15) is 0 Å². The van der Waals surface area contributed by atoms with Crippen LogP contribution in [0.5, 0.6) is 0 Å². The van der Waals surface area contributed by atoms with E-state index in [1.165, 1.54) is 12.1 Å². The Morgan fingerprint density at radius 3 is 2.05 bits per heavy atom. The Labute approximate surface area is 115 Å². The van der Waals surface area contributed by atoms with Crippen LogP contribution in [0.15, 0.2) is 29.2 Å². The van der Waals surface area contributed by atoms with Gasteiger partial charge in [0.15, 0.2) is 15.1 Å². The average molecular weight is 310 g/mol. The third-order valence-corrected chi connectivity index (χ3v) is 11.3. The molecule has 0 amide bonds. The van der Waals surface area contributed by atoms with Crippen LogP contribution >= 0.6 is 13.8 Å². The van der Waals surface area contributed by atoms with Crippen molar-refractivity contribution in [2.24, 2.45) is 0 Å². The quantitative estimate of drug-likeness (QED) is 0.667. The maximum absolute atomic E-state index is 12.0. The third-order valence-electron chi connectivity index (χ3n) is 2.72. The van der Waals surface area contributed by atoms with Gasteiger partial charge in [-0.15, -0.1) is 0 Å². The lowest BCUT2D eigenvalue weighted by atomic mass is 10.2. The minimum Gasteiger partial charge on any atom is -0.343 e. The van der Waals surface area contributed by atoms with E-state index in [9.17, 15) is 17.5 Å². The van der Waals surface area contributed by atoms with Gasteiger partial charge in [-0.25, -0.2) is 8.42 Å². The van der Waals surface area contributed by atoms with Crippen molar-refractivity contribution in [1.29, 1.82) is 0 Å². The predicted molar refractivity (Wildman–Crippen MR) is 77.8 cm³/mol. The number of aryl methyl sites for hydroxylation is 1. The Bertz CT molecular complexity index is 683. The van der Waals surface area contributed by atoms with E-state index in [1.807, 2.05) is 6.92 Å². The number of hydrogen-bond acceptors (Lipinski definition) is 4. The third kappa shape index (κ3) is 2.95. The van der Waals surface area contributed by atoms with E-state index in [1.54, 1.807) is 12.1 Å². The van der Waals surface area contributed by atoms with Gasteiger partial charge in [-0.2, -0.15) is 4.72 Å². The second kappa shape index (κ2) is 4.66. The van der Waals surface area contributed by atoms with Crippen molar-refractivity contribution in [2.75, 3.05) is 0 Å². The van der Waals surface area contributed by atoms with Gasteiger partial charge in [0.2, 0.25) is 10.0 Å². The smallest absolute Gasteiger partial charge is 0.260 e. The van der Waals surface area contributed by atoms with E-state index in [4.69, 9.17) is 15.1 Å². The van der Waals surface area contributed by atoms with Gasteiger partial charge >= 0.3 is 0 Å². The first-order valence-electron chi connectivity index (χ1n) is 5.27. The summed E-state index contributed by atoms with van der Waals surface area (Å²) < 4.78 is 49.6. The van der Waals surface area contributed by atoms with Crippen LogP contribution < -0.4 is 4.72 Å². The fourth-order valence-electron chi connectivity index (χ4n) is 1.71. The number of nitrogens with one attached hydrogen (secondary N) is 1. The lowest BCUT2D eigenvalue weighted by Crippen LogP contribution is -2.42. The molecule has 1 fully saturated rings. The topological polar surface area (TPSA) is 80.3 Å². The molecule has 0 aromatic heterocycles. The number of benzene rings is 1. The van der Waals surface area contributed by atoms with E-state index in [2.05, 4.69) is 4.72 Å². The normalized spacial score (nSPS) is 34.3. The van der Waals surface area contributed by atoms with Crippen LogP contribution in [0, 0.1) is 6.92 Å². The molecular weight excluding hydrogens is 301 g/mol. The summed E-state index contributed by atoms with van der Waals surface area (Å²) in [7, 11) is 6.79. The molecule has 1 aliphatic heterocycles. The summed E-state index contributed by atoms with van der Waals surface area (Å²) >= 11 is 0. The van der Waals surface area contributed by atoms with Gasteiger partial charge < -0.3 is 9.13 Å². The van der Waals surface area contributed by atoms with Crippen LogP contribution in [0.25, 0.3) is 0 Å². The van der Waals surface area contributed by atoms with Crippen molar-refractivity contribution in [3.05, 3.63) is 29.8 Å². The van der Waals surface area contributed by atoms with E-state index in [0.29, 0.717) is 0 Å². The zero-order valence-corrected chi connectivity index (χ0v) is 12.7. The standard InChI is InChI=1S/C8H9B3NO4P2S/c1-6-2-4-7(5-3-6)19(15,16)12-8-17(9,13)11-18(8,10)14/h2-5,8,12H,1H3. The summed E-state index contributed by atoms with van der Waals surface area (Å²) in [5.41, 5.74) is -0.517. The highest BCUT2D eigenvalue weighted by atomic mass is 32.2. The van der Waals surface area contributed by atoms with Gasteiger partial charge in [0.05, 0.1) is 10.4 Å². The Kier molecular flexibility index (Phi) is 3.72. The van der Waals surface area contributed by atoms with Crippen molar-refractivity contribution in [1.82, 2.24) is 4.72 Å². The highest BCUT2D eigenvalue weighted by molar-refractivity contribution is 8.46. The Morgan fingerprint density at radius 2 is 1.63 bits per heavy atom. The van der Waals surface area contributed by atoms with Gasteiger partial charge in [0, 0.05) is 13.8 Å². The Balaban J connectivity index is 2.30. The van der Waals surface area contributed by atoms with Crippen LogP contribution in [-0.4, -0.2) is 35.8 Å². The summed E-state index contributed by atoms with van der Waals surface area (Å²) in [4.78, 5) is -0.0231. The Hall–Kier alpha value is -0.215. The van der Waals surface area contributed by atoms with Gasteiger partial charge in [0.25, 0.3) is 6.72 Å². The van der Waals surface area contributed by atoms with Gasteiger partial charge in [-0.1, -0.05) is 17.7 Å². The first-order valence-corrected chi connectivity index (χ1v) is 10.6. The molecule has 0 spiro atoms. The summed E-state index contributed by atoms with van der Waals surface area (Å²) in [6.45, 7) is -4.18. The molecule has 5 radical (unpaired) electrons. The summed E-state index contributed by atoms with van der Waals surface area (Å²) in [5, 5.41) is 0. The molecule has 2 unspecified atom stereocenters. The molecule has 0 bridgehead atoms. The molecule has 19 heavy (non-hydrogen) atoms. The maximum atomic E-state index is 12.0. The van der Waals surface area contributed by atoms with Crippen molar-refractivity contribution in [2.45, 2.75) is 17.3 Å². The molecule has 95 valence electrons. The molecule has 1 N–H and O–H groups in total. The van der Waals surface area contributed by atoms with Crippen LogP contribution in [-0.2, 0) is 19.2 Å². The summed E-state index contributed by atoms with van der Waals surface area (Å²) in [6, 6.07) is 6.02. The molecule has 1 aliphatic rings. The van der Waals surface area contributed by atoms with E-state index < -0.39 is 29.3 Å². The molecule has 1 aromatic carbocycles. The monoisotopic (exact) mass is 310 g/mol. The molecule has 11 heteroatoms. The average Bonchev–Trinajstić information content (AvgIpc) is 2.25. The summed E-state index contributed by atoms with van der Waals surface area (Å²) in [6.07, 6.45) is 0. The van der Waals surface area contributed by atoms with Crippen molar-refractivity contribution < 1.29 is 17.5 Å². The number of sulfonamides is 1. The van der Waals surface area contributed by atoms with E-state index >= 15 is 0 Å². The largest absolute Gasteiger partial charge is 0.343 e. The van der Waals surface area contributed by atoms with Crippen LogP contribution in [0.3, 0.4) is 0 Å². The van der Waals surface area contributed by atoms with Crippen LogP contribution in [0.1, 0.15) is 5.56 Å². The lowest BCUT2D eigenvalue weighted by molar-refractivity contribution is 0.561. The second-order valence-corrected chi connectivity index (χ2v) is 11.6. The fraction of sp³-hybridized carbons (Fsp3) is 0.250. The molecule has 1 aromatic rings. The molecule has 0 aliphatic carbocycles. The molecule has 0 saturated carbocycles. The highest BCUT2D eigenvalue weighted by Gasteiger charge is 2.54. The molecule has 5 nitrogen and oxygen atoms in total. The lowest BCUT2D eigenvalue weighted by Gasteiger charge is -2.41. The first kappa shape index (κ1) is 15.2. The van der Waals surface area contributed by atoms with E-state index in [-0.39, 0.29) is 4.90 Å². The summed E-state index contributed by atoms with van der Waals surface area (Å²) in [5.74, 6) is 0. The van der Waals surface area contributed by atoms with Crippen molar-refractivity contribution >= 4 is 45.7 Å². The van der Waals surface area contributed by atoms with Crippen LogP contribution in [0.2, 0.25) is 0 Å². The molecule has 2 rings (SSSR count). The van der Waals surface area contributed by atoms with Gasteiger partial charge in [-0.3, -0.25) is 0 Å². The maximum Gasteiger partial charge on any atom is 0.260 e. The molecule has 2 atom stereocenters. The first-order chi connectivity index (χ1) is 8.55. The molecular formula is C8H9B3NO4P2S. The van der Waals surface area contributed by atoms with Crippen molar-refractivity contribution in [3.8, 4) is 0 Å². The minimum atomic E-state index is -3.95. The zero-order chi connectivity index (χ0) is 14.5. The molecule has 1 heterocycles. The highest BCUT2D eigenvalue weighted by Crippen LogP contribution is 2.76. The number of hydrogen-bond donors (Lipinski definition) is 1. The van der Waals surface area contributed by atoms with Crippen molar-refractivity contribution in [3.63, 3.8) is 0 Å². The minimum absolute atomic E-state index is 0.0231. The number of rotatable bonds is 3. The second-order valence-electron chi connectivity index (χ2n) is 4.45. The van der Waals surface area contributed by atoms with Crippen LogP contribution in [0.4, 0.5) is 0 Å². The van der Waals surface area contributed by atoms with Gasteiger partial charge in [-0.05, 0) is 19.1 Å². The SMILES string of the molecule is [B]P1(=O)[B]P([B])(=O)C1NS(=O)(=O)c1ccc(C)cc1. The predicted octanol–water partition coefficient (Wildman–Crippen LogP) is 0.998. The zero-order valence-electron chi connectivity index (χ0n) is 10.1. The fourth-order valence-corrected chi connectivity index (χ4v) is 9.73. The Morgan fingerprint density at radius 1 is 1.16 bits per heavy atom. The van der Waals surface area contributed by atoms with E-state index in [0.717, 1.165) is 12.3 Å². The molecule has 1 saturated heterocycles.